The molecule has 0 bridgehead atoms. The molecule has 0 radical (unpaired) electrons. The van der Waals surface area contributed by atoms with Crippen molar-refractivity contribution in [2.45, 2.75) is 32.7 Å². The Balaban J connectivity index is 1.52. The topological polar surface area (TPSA) is 83.7 Å². The van der Waals surface area contributed by atoms with Crippen LogP contribution in [0.4, 0.5) is 18.9 Å². The lowest BCUT2D eigenvalue weighted by atomic mass is 10.1. The third-order valence-electron chi connectivity index (χ3n) is 4.78. The predicted octanol–water partition coefficient (Wildman–Crippen LogP) is 6.56. The Kier molecular flexibility index (Phi) is 6.98. The highest BCUT2D eigenvalue weighted by molar-refractivity contribution is 7.15. The standard InChI is InChI=1S/C25H20F3N5OS/c1-15(2)34-20-7-4-16(5-8-20)24-32-14-21(35-24)13-31-19-9-22(33-23(10-19)25(26,27)28)17-3-6-18(11-29)30-12-17/h3-10,12,14-15H,13H2,1-2H3,(H,31,33). The van der Waals surface area contributed by atoms with E-state index in [1.807, 2.05) is 44.2 Å². The molecule has 0 saturated carbocycles. The van der Waals surface area contributed by atoms with E-state index in [1.54, 1.807) is 6.20 Å². The second-order valence-electron chi connectivity index (χ2n) is 7.84. The fraction of sp³-hybridized carbons (Fsp3) is 0.200. The molecule has 178 valence electrons. The summed E-state index contributed by atoms with van der Waals surface area (Å²) < 4.78 is 46.1. The Morgan fingerprint density at radius 1 is 1.03 bits per heavy atom. The smallest absolute Gasteiger partial charge is 0.433 e. The molecule has 0 amide bonds. The number of pyridine rings is 2. The molecular formula is C25H20F3N5OS. The van der Waals surface area contributed by atoms with Gasteiger partial charge in [0.25, 0.3) is 0 Å². The van der Waals surface area contributed by atoms with Crippen LogP contribution >= 0.6 is 11.3 Å². The van der Waals surface area contributed by atoms with Gasteiger partial charge in [-0.2, -0.15) is 18.4 Å². The molecule has 0 atom stereocenters. The van der Waals surface area contributed by atoms with Crippen molar-refractivity contribution in [2.24, 2.45) is 0 Å². The van der Waals surface area contributed by atoms with Gasteiger partial charge >= 0.3 is 6.18 Å². The van der Waals surface area contributed by atoms with Gasteiger partial charge in [0.15, 0.2) is 0 Å². The molecule has 3 aromatic heterocycles. The zero-order valence-corrected chi connectivity index (χ0v) is 19.6. The van der Waals surface area contributed by atoms with Gasteiger partial charge in [-0.25, -0.2) is 15.0 Å². The predicted molar refractivity (Wildman–Crippen MR) is 128 cm³/mol. The molecule has 0 spiro atoms. The van der Waals surface area contributed by atoms with E-state index < -0.39 is 11.9 Å². The van der Waals surface area contributed by atoms with Crippen molar-refractivity contribution in [2.75, 3.05) is 5.32 Å². The fourth-order valence-corrected chi connectivity index (χ4v) is 4.05. The van der Waals surface area contributed by atoms with Crippen molar-refractivity contribution in [1.82, 2.24) is 15.0 Å². The summed E-state index contributed by atoms with van der Waals surface area (Å²) in [5.41, 5.74) is 0.821. The minimum atomic E-state index is -4.62. The second kappa shape index (κ2) is 10.1. The first-order valence-corrected chi connectivity index (χ1v) is 11.4. The van der Waals surface area contributed by atoms with E-state index in [2.05, 4.69) is 20.3 Å². The van der Waals surface area contributed by atoms with Crippen molar-refractivity contribution >= 4 is 17.0 Å². The number of halogens is 3. The van der Waals surface area contributed by atoms with Crippen molar-refractivity contribution in [3.63, 3.8) is 0 Å². The van der Waals surface area contributed by atoms with E-state index in [0.717, 1.165) is 27.3 Å². The first kappa shape index (κ1) is 24.2. The number of nitrogens with zero attached hydrogens (tertiary/aromatic N) is 4. The van der Waals surface area contributed by atoms with Crippen molar-refractivity contribution in [3.05, 3.63) is 77.2 Å². The first-order valence-electron chi connectivity index (χ1n) is 10.6. The van der Waals surface area contributed by atoms with Crippen LogP contribution in [-0.2, 0) is 12.7 Å². The summed E-state index contributed by atoms with van der Waals surface area (Å²) in [6, 6.07) is 14.9. The molecule has 4 aromatic rings. The average molecular weight is 496 g/mol. The number of alkyl halides is 3. The lowest BCUT2D eigenvalue weighted by molar-refractivity contribution is -0.141. The molecular weight excluding hydrogens is 475 g/mol. The Labute approximate surface area is 204 Å². The zero-order chi connectivity index (χ0) is 25.0. The number of aromatic nitrogens is 3. The van der Waals surface area contributed by atoms with Crippen molar-refractivity contribution in [3.8, 4) is 33.6 Å². The number of hydrogen-bond acceptors (Lipinski definition) is 7. The Morgan fingerprint density at radius 2 is 1.77 bits per heavy atom. The molecule has 0 aliphatic carbocycles. The summed E-state index contributed by atoms with van der Waals surface area (Å²) in [6.45, 7) is 4.20. The quantitative estimate of drug-likeness (QED) is 0.313. The summed E-state index contributed by atoms with van der Waals surface area (Å²) >= 11 is 1.45. The van der Waals surface area contributed by atoms with Crippen LogP contribution in [-0.4, -0.2) is 21.1 Å². The van der Waals surface area contributed by atoms with E-state index in [-0.39, 0.29) is 23.2 Å². The highest BCUT2D eigenvalue weighted by atomic mass is 32.1. The van der Waals surface area contributed by atoms with Crippen LogP contribution in [0.15, 0.2) is 60.9 Å². The minimum absolute atomic E-state index is 0.0816. The molecule has 3 heterocycles. The molecule has 10 heteroatoms. The molecule has 0 saturated heterocycles. The van der Waals surface area contributed by atoms with Crippen LogP contribution in [0.2, 0.25) is 0 Å². The SMILES string of the molecule is CC(C)Oc1ccc(-c2ncc(CNc3cc(-c4ccc(C#N)nc4)nc(C(F)(F)F)c3)s2)cc1. The van der Waals surface area contributed by atoms with Gasteiger partial charge < -0.3 is 10.1 Å². The van der Waals surface area contributed by atoms with Gasteiger partial charge in [0, 0.05) is 34.1 Å². The van der Waals surface area contributed by atoms with Gasteiger partial charge in [-0.05, 0) is 62.4 Å². The van der Waals surface area contributed by atoms with Gasteiger partial charge in [0.1, 0.15) is 28.2 Å². The molecule has 0 unspecified atom stereocenters. The number of rotatable bonds is 7. The number of nitrogens with one attached hydrogen (secondary N) is 1. The molecule has 0 fully saturated rings. The van der Waals surface area contributed by atoms with E-state index in [9.17, 15) is 13.2 Å². The monoisotopic (exact) mass is 495 g/mol. The van der Waals surface area contributed by atoms with Gasteiger partial charge in [-0.15, -0.1) is 11.3 Å². The van der Waals surface area contributed by atoms with Gasteiger partial charge in [-0.1, -0.05) is 0 Å². The van der Waals surface area contributed by atoms with E-state index in [1.165, 1.54) is 35.7 Å². The second-order valence-corrected chi connectivity index (χ2v) is 8.96. The van der Waals surface area contributed by atoms with E-state index >= 15 is 0 Å². The van der Waals surface area contributed by atoms with Crippen molar-refractivity contribution in [1.29, 1.82) is 5.26 Å². The summed E-state index contributed by atoms with van der Waals surface area (Å²) in [4.78, 5) is 13.0. The summed E-state index contributed by atoms with van der Waals surface area (Å²) in [5.74, 6) is 0.772. The number of benzene rings is 1. The third-order valence-corrected chi connectivity index (χ3v) is 5.83. The molecule has 6 nitrogen and oxygen atoms in total. The van der Waals surface area contributed by atoms with Gasteiger partial charge in [0.05, 0.1) is 18.3 Å². The maximum Gasteiger partial charge on any atom is 0.433 e. The number of nitriles is 1. The van der Waals surface area contributed by atoms with Crippen LogP contribution in [0.3, 0.4) is 0 Å². The number of ether oxygens (including phenoxy) is 1. The average Bonchev–Trinajstić information content (AvgIpc) is 3.31. The molecule has 35 heavy (non-hydrogen) atoms. The third kappa shape index (κ3) is 6.13. The lowest BCUT2D eigenvalue weighted by Gasteiger charge is -2.12. The zero-order valence-electron chi connectivity index (χ0n) is 18.8. The van der Waals surface area contributed by atoms with Crippen LogP contribution < -0.4 is 10.1 Å². The molecule has 4 rings (SSSR count). The Morgan fingerprint density at radius 3 is 2.40 bits per heavy atom. The summed E-state index contributed by atoms with van der Waals surface area (Å²) in [7, 11) is 0. The van der Waals surface area contributed by atoms with E-state index in [0.29, 0.717) is 12.1 Å². The van der Waals surface area contributed by atoms with Gasteiger partial charge in [0.2, 0.25) is 0 Å². The maximum absolute atomic E-state index is 13.5. The van der Waals surface area contributed by atoms with Gasteiger partial charge in [-0.3, -0.25) is 0 Å². The molecule has 1 aromatic carbocycles. The summed E-state index contributed by atoms with van der Waals surface area (Å²) in [6.07, 6.45) is -1.51. The molecule has 0 aliphatic heterocycles. The van der Waals surface area contributed by atoms with Crippen LogP contribution in [0.1, 0.15) is 30.1 Å². The highest BCUT2D eigenvalue weighted by Gasteiger charge is 2.33. The molecule has 1 N–H and O–H groups in total. The minimum Gasteiger partial charge on any atom is -0.491 e. The van der Waals surface area contributed by atoms with Crippen LogP contribution in [0, 0.1) is 11.3 Å². The largest absolute Gasteiger partial charge is 0.491 e. The fourth-order valence-electron chi connectivity index (χ4n) is 3.20. The van der Waals surface area contributed by atoms with Crippen LogP contribution in [0.25, 0.3) is 21.8 Å². The highest BCUT2D eigenvalue weighted by Crippen LogP contribution is 2.33. The normalized spacial score (nSPS) is 11.3. The van der Waals surface area contributed by atoms with Crippen molar-refractivity contribution < 1.29 is 17.9 Å². The number of thiazole rings is 1. The Bertz CT molecular complexity index is 1340. The summed E-state index contributed by atoms with van der Waals surface area (Å²) in [5, 5.41) is 12.7. The Hall–Kier alpha value is -3.97. The van der Waals surface area contributed by atoms with E-state index in [4.69, 9.17) is 10.00 Å². The maximum atomic E-state index is 13.5. The number of hydrogen-bond donors (Lipinski definition) is 1. The number of anilines is 1. The molecule has 0 aliphatic rings. The van der Waals surface area contributed by atoms with Crippen LogP contribution in [0.5, 0.6) is 5.75 Å². The lowest BCUT2D eigenvalue weighted by Crippen LogP contribution is -2.10. The first-order chi connectivity index (χ1) is 16.7.